The summed E-state index contributed by atoms with van der Waals surface area (Å²) in [5, 5.41) is 11.3. The van der Waals surface area contributed by atoms with Gasteiger partial charge in [-0.3, -0.25) is 4.79 Å². The lowest BCUT2D eigenvalue weighted by Crippen LogP contribution is -2.47. The van der Waals surface area contributed by atoms with Crippen molar-refractivity contribution in [2.75, 3.05) is 13.6 Å². The van der Waals surface area contributed by atoms with Crippen LogP contribution in [-0.4, -0.2) is 41.6 Å². The summed E-state index contributed by atoms with van der Waals surface area (Å²) in [6.45, 7) is 8.26. The maximum absolute atomic E-state index is 11.6. The molecule has 0 bridgehead atoms. The molecular formula is C11H22N2O3. The third-order valence-electron chi connectivity index (χ3n) is 2.65. The van der Waals surface area contributed by atoms with Gasteiger partial charge in [0.2, 0.25) is 0 Å². The number of nitrogens with one attached hydrogen (secondary N) is 1. The lowest BCUT2D eigenvalue weighted by molar-refractivity contribution is -0.137. The fourth-order valence-electron chi connectivity index (χ4n) is 0.877. The Bertz CT molecular complexity index is 258. The average molecular weight is 230 g/mol. The van der Waals surface area contributed by atoms with Crippen molar-refractivity contribution < 1.29 is 14.7 Å². The number of carboxylic acids is 1. The van der Waals surface area contributed by atoms with E-state index in [9.17, 15) is 9.59 Å². The average Bonchev–Trinajstić information content (AvgIpc) is 2.12. The third-order valence-corrected chi connectivity index (χ3v) is 2.65. The minimum atomic E-state index is -0.900. The first kappa shape index (κ1) is 14.7. The molecular weight excluding hydrogens is 208 g/mol. The van der Waals surface area contributed by atoms with Gasteiger partial charge >= 0.3 is 12.0 Å². The lowest BCUT2D eigenvalue weighted by Gasteiger charge is -2.30. The Kier molecular flexibility index (Phi) is 5.27. The molecule has 0 aromatic rings. The fraction of sp³-hybridized carbons (Fsp3) is 0.818. The fourth-order valence-corrected chi connectivity index (χ4v) is 0.877. The predicted molar refractivity (Wildman–Crippen MR) is 62.3 cm³/mol. The molecule has 0 aliphatic rings. The number of carbonyl (C=O) groups excluding carboxylic acids is 1. The molecule has 0 rings (SSSR count). The van der Waals surface area contributed by atoms with E-state index in [-0.39, 0.29) is 30.5 Å². The first-order chi connectivity index (χ1) is 7.14. The number of rotatable bonds is 4. The summed E-state index contributed by atoms with van der Waals surface area (Å²) in [4.78, 5) is 23.4. The van der Waals surface area contributed by atoms with E-state index in [0.717, 1.165) is 0 Å². The molecule has 5 heteroatoms. The number of carboxylic acid groups (broad SMARTS) is 1. The summed E-state index contributed by atoms with van der Waals surface area (Å²) >= 11 is 0. The molecule has 94 valence electrons. The topological polar surface area (TPSA) is 69.6 Å². The summed E-state index contributed by atoms with van der Waals surface area (Å²) in [6.07, 6.45) is -0.0339. The Morgan fingerprint density at radius 3 is 2.25 bits per heavy atom. The van der Waals surface area contributed by atoms with Crippen LogP contribution in [0.25, 0.3) is 0 Å². The molecule has 0 aromatic carbocycles. The van der Waals surface area contributed by atoms with E-state index in [1.807, 2.05) is 27.7 Å². The number of hydrogen-bond acceptors (Lipinski definition) is 2. The van der Waals surface area contributed by atoms with E-state index in [0.29, 0.717) is 0 Å². The van der Waals surface area contributed by atoms with Gasteiger partial charge in [0.1, 0.15) is 0 Å². The Morgan fingerprint density at radius 2 is 1.88 bits per heavy atom. The molecule has 0 saturated heterocycles. The number of amides is 2. The third kappa shape index (κ3) is 5.58. The highest BCUT2D eigenvalue weighted by Crippen LogP contribution is 2.18. The van der Waals surface area contributed by atoms with Crippen LogP contribution < -0.4 is 5.32 Å². The van der Waals surface area contributed by atoms with Crippen LogP contribution in [0.4, 0.5) is 4.79 Å². The molecule has 2 amide bonds. The first-order valence-corrected chi connectivity index (χ1v) is 5.38. The van der Waals surface area contributed by atoms with Crippen molar-refractivity contribution in [1.29, 1.82) is 0 Å². The van der Waals surface area contributed by atoms with E-state index >= 15 is 0 Å². The van der Waals surface area contributed by atoms with Crippen molar-refractivity contribution >= 4 is 12.0 Å². The van der Waals surface area contributed by atoms with Crippen LogP contribution in [0.2, 0.25) is 0 Å². The van der Waals surface area contributed by atoms with Crippen LogP contribution in [0.1, 0.15) is 34.1 Å². The molecule has 2 N–H and O–H groups in total. The maximum atomic E-state index is 11.6. The molecule has 5 nitrogen and oxygen atoms in total. The minimum absolute atomic E-state index is 0.0106. The molecule has 0 aromatic heterocycles. The van der Waals surface area contributed by atoms with Crippen molar-refractivity contribution in [2.24, 2.45) is 5.41 Å². The van der Waals surface area contributed by atoms with Gasteiger partial charge in [0.15, 0.2) is 0 Å². The Balaban J connectivity index is 4.10. The van der Waals surface area contributed by atoms with Gasteiger partial charge in [-0.1, -0.05) is 20.8 Å². The molecule has 0 fully saturated rings. The summed E-state index contributed by atoms with van der Waals surface area (Å²) in [5.41, 5.74) is -0.0106. The van der Waals surface area contributed by atoms with Crippen LogP contribution >= 0.6 is 0 Å². The molecule has 0 heterocycles. The highest BCUT2D eigenvalue weighted by molar-refractivity contribution is 5.75. The minimum Gasteiger partial charge on any atom is -0.481 e. The van der Waals surface area contributed by atoms with Gasteiger partial charge in [0, 0.05) is 19.6 Å². The van der Waals surface area contributed by atoms with E-state index in [1.54, 1.807) is 7.05 Å². The molecule has 0 radical (unpaired) electrons. The van der Waals surface area contributed by atoms with Crippen molar-refractivity contribution in [3.63, 3.8) is 0 Å². The molecule has 0 spiro atoms. The number of aliphatic carboxylic acids is 1. The number of carbonyl (C=O) groups is 2. The Labute approximate surface area is 96.8 Å². The van der Waals surface area contributed by atoms with E-state index in [4.69, 9.17) is 5.11 Å². The van der Waals surface area contributed by atoms with Crippen LogP contribution in [0, 0.1) is 5.41 Å². The second-order valence-corrected chi connectivity index (χ2v) is 5.10. The second kappa shape index (κ2) is 5.72. The highest BCUT2D eigenvalue weighted by atomic mass is 16.4. The van der Waals surface area contributed by atoms with Gasteiger partial charge in [-0.2, -0.15) is 0 Å². The summed E-state index contributed by atoms with van der Waals surface area (Å²) in [5.74, 6) is -0.900. The molecule has 0 aliphatic carbocycles. The monoisotopic (exact) mass is 230 g/mol. The molecule has 1 atom stereocenters. The SMILES string of the molecule is CC(NC(=O)N(C)CCC(=O)O)C(C)(C)C. The van der Waals surface area contributed by atoms with Crippen molar-refractivity contribution in [1.82, 2.24) is 10.2 Å². The largest absolute Gasteiger partial charge is 0.481 e. The van der Waals surface area contributed by atoms with Gasteiger partial charge in [-0.15, -0.1) is 0 Å². The zero-order chi connectivity index (χ0) is 12.9. The van der Waals surface area contributed by atoms with Crippen LogP contribution in [0.15, 0.2) is 0 Å². The maximum Gasteiger partial charge on any atom is 0.317 e. The Hall–Kier alpha value is -1.26. The standard InChI is InChI=1S/C11H22N2O3/c1-8(11(2,3)4)12-10(16)13(5)7-6-9(14)15/h8H,6-7H2,1-5H3,(H,12,16)(H,14,15). The Morgan fingerprint density at radius 1 is 1.38 bits per heavy atom. The smallest absolute Gasteiger partial charge is 0.317 e. The van der Waals surface area contributed by atoms with Gasteiger partial charge in [-0.05, 0) is 12.3 Å². The van der Waals surface area contributed by atoms with E-state index in [2.05, 4.69) is 5.32 Å². The van der Waals surface area contributed by atoms with Gasteiger partial charge in [-0.25, -0.2) is 4.79 Å². The van der Waals surface area contributed by atoms with Crippen LogP contribution in [0.3, 0.4) is 0 Å². The van der Waals surface area contributed by atoms with Gasteiger partial charge in [0.05, 0.1) is 6.42 Å². The number of urea groups is 1. The van der Waals surface area contributed by atoms with Crippen LogP contribution in [-0.2, 0) is 4.79 Å². The molecule has 0 saturated carbocycles. The normalized spacial score (nSPS) is 13.1. The first-order valence-electron chi connectivity index (χ1n) is 5.38. The summed E-state index contributed by atoms with van der Waals surface area (Å²) in [7, 11) is 1.59. The van der Waals surface area contributed by atoms with Gasteiger partial charge in [0.25, 0.3) is 0 Å². The van der Waals surface area contributed by atoms with E-state index < -0.39 is 5.97 Å². The zero-order valence-electron chi connectivity index (χ0n) is 10.7. The molecule has 0 aliphatic heterocycles. The lowest BCUT2D eigenvalue weighted by atomic mass is 9.88. The molecule has 16 heavy (non-hydrogen) atoms. The summed E-state index contributed by atoms with van der Waals surface area (Å²) < 4.78 is 0. The van der Waals surface area contributed by atoms with E-state index in [1.165, 1.54) is 4.90 Å². The second-order valence-electron chi connectivity index (χ2n) is 5.10. The number of hydrogen-bond donors (Lipinski definition) is 2. The highest BCUT2D eigenvalue weighted by Gasteiger charge is 2.22. The predicted octanol–water partition coefficient (Wildman–Crippen LogP) is 1.54. The molecule has 1 unspecified atom stereocenters. The number of nitrogens with zero attached hydrogens (tertiary/aromatic N) is 1. The quantitative estimate of drug-likeness (QED) is 0.769. The van der Waals surface area contributed by atoms with Gasteiger partial charge < -0.3 is 15.3 Å². The van der Waals surface area contributed by atoms with Crippen molar-refractivity contribution in [3.05, 3.63) is 0 Å². The summed E-state index contributed by atoms with van der Waals surface area (Å²) in [6, 6.07) is -0.198. The zero-order valence-corrected chi connectivity index (χ0v) is 10.7. The van der Waals surface area contributed by atoms with Crippen LogP contribution in [0.5, 0.6) is 0 Å². The van der Waals surface area contributed by atoms with Crippen molar-refractivity contribution in [2.45, 2.75) is 40.2 Å². The van der Waals surface area contributed by atoms with Crippen molar-refractivity contribution in [3.8, 4) is 0 Å².